The number of methoxy groups -OCH3 is 2. The zero-order valence-electron chi connectivity index (χ0n) is 11.6. The van der Waals surface area contributed by atoms with Crippen molar-refractivity contribution < 1.29 is 14.3 Å². The highest BCUT2D eigenvalue weighted by molar-refractivity contribution is 5.95. The first-order chi connectivity index (χ1) is 8.35. The van der Waals surface area contributed by atoms with E-state index in [1.54, 1.807) is 32.4 Å². The first-order valence-electron chi connectivity index (χ1n) is 5.66. The van der Waals surface area contributed by atoms with E-state index in [0.717, 1.165) is 0 Å². The van der Waals surface area contributed by atoms with Gasteiger partial charge in [-0.05, 0) is 26.0 Å². The van der Waals surface area contributed by atoms with E-state index >= 15 is 0 Å². The molecular formula is C13H21ClN2O3. The zero-order valence-corrected chi connectivity index (χ0v) is 12.5. The number of carbonyl (C=O) groups excluding carboxylic acids is 1. The minimum Gasteiger partial charge on any atom is -0.497 e. The normalized spacial score (nSPS) is 10.4. The highest BCUT2D eigenvalue weighted by Gasteiger charge is 2.14. The van der Waals surface area contributed by atoms with E-state index in [1.165, 1.54) is 0 Å². The van der Waals surface area contributed by atoms with Crippen LogP contribution in [-0.4, -0.2) is 32.2 Å². The summed E-state index contributed by atoms with van der Waals surface area (Å²) in [6.07, 6.45) is 0. The van der Waals surface area contributed by atoms with Crippen LogP contribution in [0.15, 0.2) is 18.2 Å². The number of halogens is 1. The summed E-state index contributed by atoms with van der Waals surface area (Å²) in [6.45, 7) is 4.09. The molecule has 0 spiro atoms. The van der Waals surface area contributed by atoms with Gasteiger partial charge in [-0.1, -0.05) is 0 Å². The summed E-state index contributed by atoms with van der Waals surface area (Å²) in [6, 6.07) is 5.02. The average molecular weight is 289 g/mol. The number of nitrogens with one attached hydrogen (secondary N) is 1. The fraction of sp³-hybridized carbons (Fsp3) is 0.462. The van der Waals surface area contributed by atoms with Gasteiger partial charge in [0.05, 0.1) is 14.2 Å². The van der Waals surface area contributed by atoms with Crippen LogP contribution in [0.5, 0.6) is 11.5 Å². The van der Waals surface area contributed by atoms with Gasteiger partial charge in [0, 0.05) is 23.7 Å². The summed E-state index contributed by atoms with van der Waals surface area (Å²) >= 11 is 0. The summed E-state index contributed by atoms with van der Waals surface area (Å²) in [7, 11) is 3.08. The molecule has 0 aromatic heterocycles. The van der Waals surface area contributed by atoms with E-state index in [1.807, 2.05) is 13.8 Å². The van der Waals surface area contributed by atoms with E-state index in [0.29, 0.717) is 23.6 Å². The van der Waals surface area contributed by atoms with E-state index in [9.17, 15) is 4.79 Å². The minimum atomic E-state index is -0.446. The Labute approximate surface area is 119 Å². The standard InChI is InChI=1S/C13H20N2O3.ClH/c1-13(2,14)8-15-12(16)9-5-10(17-3)7-11(6-9)18-4;/h5-7H,8,14H2,1-4H3,(H,15,16);1H. The van der Waals surface area contributed by atoms with E-state index in [-0.39, 0.29) is 18.3 Å². The maximum absolute atomic E-state index is 11.9. The average Bonchev–Trinajstić information content (AvgIpc) is 2.34. The van der Waals surface area contributed by atoms with Crippen LogP contribution in [0.2, 0.25) is 0 Å². The van der Waals surface area contributed by atoms with Crippen LogP contribution >= 0.6 is 12.4 Å². The number of carbonyl (C=O) groups is 1. The van der Waals surface area contributed by atoms with Crippen LogP contribution in [0.4, 0.5) is 0 Å². The van der Waals surface area contributed by atoms with Gasteiger partial charge in [-0.15, -0.1) is 12.4 Å². The molecule has 1 rings (SSSR count). The fourth-order valence-electron chi connectivity index (χ4n) is 1.35. The van der Waals surface area contributed by atoms with Crippen molar-refractivity contribution in [2.24, 2.45) is 5.73 Å². The molecule has 0 bridgehead atoms. The first kappa shape index (κ1) is 17.5. The topological polar surface area (TPSA) is 73.6 Å². The molecule has 0 radical (unpaired) electrons. The van der Waals surface area contributed by atoms with Crippen LogP contribution < -0.4 is 20.5 Å². The summed E-state index contributed by atoms with van der Waals surface area (Å²) in [5.41, 5.74) is 5.85. The van der Waals surface area contributed by atoms with Crippen molar-refractivity contribution >= 4 is 18.3 Å². The molecule has 0 unspecified atom stereocenters. The quantitative estimate of drug-likeness (QED) is 0.863. The Morgan fingerprint density at radius 3 is 2.05 bits per heavy atom. The third-order valence-electron chi connectivity index (χ3n) is 2.32. The largest absolute Gasteiger partial charge is 0.497 e. The number of rotatable bonds is 5. The summed E-state index contributed by atoms with van der Waals surface area (Å²) in [4.78, 5) is 11.9. The first-order valence-corrected chi connectivity index (χ1v) is 5.66. The van der Waals surface area contributed by atoms with E-state index in [2.05, 4.69) is 5.32 Å². The van der Waals surface area contributed by atoms with Crippen molar-refractivity contribution in [1.82, 2.24) is 5.32 Å². The van der Waals surface area contributed by atoms with Crippen LogP contribution in [0, 0.1) is 0 Å². The Morgan fingerprint density at radius 2 is 1.68 bits per heavy atom. The third kappa shape index (κ3) is 5.81. The molecule has 19 heavy (non-hydrogen) atoms. The minimum absolute atomic E-state index is 0. The van der Waals surface area contributed by atoms with Gasteiger partial charge in [-0.2, -0.15) is 0 Å². The zero-order chi connectivity index (χ0) is 13.8. The molecule has 1 aromatic carbocycles. The molecule has 0 aliphatic rings. The molecule has 0 fully saturated rings. The van der Waals surface area contributed by atoms with Gasteiger partial charge >= 0.3 is 0 Å². The second-order valence-corrected chi connectivity index (χ2v) is 4.77. The van der Waals surface area contributed by atoms with Gasteiger partial charge in [0.1, 0.15) is 11.5 Å². The Kier molecular flexibility index (Phi) is 6.65. The number of ether oxygens (including phenoxy) is 2. The molecular weight excluding hydrogens is 268 g/mol. The summed E-state index contributed by atoms with van der Waals surface area (Å²) in [5.74, 6) is 0.948. The Bertz CT molecular complexity index is 408. The number of hydrogen-bond donors (Lipinski definition) is 2. The number of hydrogen-bond acceptors (Lipinski definition) is 4. The molecule has 0 saturated carbocycles. The Hall–Kier alpha value is -1.46. The molecule has 0 saturated heterocycles. The molecule has 3 N–H and O–H groups in total. The summed E-state index contributed by atoms with van der Waals surface area (Å²) in [5, 5.41) is 2.77. The number of benzene rings is 1. The Morgan fingerprint density at radius 1 is 1.21 bits per heavy atom. The lowest BCUT2D eigenvalue weighted by molar-refractivity contribution is 0.0945. The van der Waals surface area contributed by atoms with Crippen molar-refractivity contribution in [2.45, 2.75) is 19.4 Å². The van der Waals surface area contributed by atoms with Gasteiger partial charge < -0.3 is 20.5 Å². The molecule has 108 valence electrons. The highest BCUT2D eigenvalue weighted by Crippen LogP contribution is 2.22. The molecule has 0 atom stereocenters. The maximum Gasteiger partial charge on any atom is 0.251 e. The fourth-order valence-corrected chi connectivity index (χ4v) is 1.35. The van der Waals surface area contributed by atoms with Crippen LogP contribution in [0.3, 0.4) is 0 Å². The van der Waals surface area contributed by atoms with Crippen molar-refractivity contribution in [3.8, 4) is 11.5 Å². The van der Waals surface area contributed by atoms with E-state index in [4.69, 9.17) is 15.2 Å². The third-order valence-corrected chi connectivity index (χ3v) is 2.32. The lowest BCUT2D eigenvalue weighted by Crippen LogP contribution is -2.45. The molecule has 0 heterocycles. The van der Waals surface area contributed by atoms with Gasteiger partial charge in [0.2, 0.25) is 0 Å². The maximum atomic E-state index is 11.9. The second-order valence-electron chi connectivity index (χ2n) is 4.77. The van der Waals surface area contributed by atoms with Crippen LogP contribution in [-0.2, 0) is 0 Å². The molecule has 6 heteroatoms. The molecule has 0 aliphatic heterocycles. The number of amides is 1. The number of nitrogens with two attached hydrogens (primary N) is 1. The van der Waals surface area contributed by atoms with Crippen molar-refractivity contribution in [3.05, 3.63) is 23.8 Å². The molecule has 0 aliphatic carbocycles. The van der Waals surface area contributed by atoms with Crippen molar-refractivity contribution in [2.75, 3.05) is 20.8 Å². The predicted molar refractivity (Wildman–Crippen MR) is 77.4 cm³/mol. The van der Waals surface area contributed by atoms with Crippen LogP contribution in [0.1, 0.15) is 24.2 Å². The lowest BCUT2D eigenvalue weighted by Gasteiger charge is -2.19. The molecule has 1 aromatic rings. The molecule has 1 amide bonds. The van der Waals surface area contributed by atoms with Gasteiger partial charge in [0.15, 0.2) is 0 Å². The van der Waals surface area contributed by atoms with Gasteiger partial charge in [-0.25, -0.2) is 0 Å². The van der Waals surface area contributed by atoms with Crippen molar-refractivity contribution in [1.29, 1.82) is 0 Å². The van der Waals surface area contributed by atoms with Gasteiger partial charge in [0.25, 0.3) is 5.91 Å². The Balaban J connectivity index is 0.00000324. The molecule has 5 nitrogen and oxygen atoms in total. The predicted octanol–water partition coefficient (Wildman–Crippen LogP) is 1.59. The van der Waals surface area contributed by atoms with E-state index < -0.39 is 5.54 Å². The second kappa shape index (κ2) is 7.21. The smallest absolute Gasteiger partial charge is 0.251 e. The SMILES string of the molecule is COc1cc(OC)cc(C(=O)NCC(C)(C)N)c1.Cl. The lowest BCUT2D eigenvalue weighted by atomic mass is 10.1. The van der Waals surface area contributed by atoms with Crippen LogP contribution in [0.25, 0.3) is 0 Å². The highest BCUT2D eigenvalue weighted by atomic mass is 35.5. The summed E-state index contributed by atoms with van der Waals surface area (Å²) < 4.78 is 10.2. The monoisotopic (exact) mass is 288 g/mol. The van der Waals surface area contributed by atoms with Gasteiger partial charge in [-0.3, -0.25) is 4.79 Å². The van der Waals surface area contributed by atoms with Crippen molar-refractivity contribution in [3.63, 3.8) is 0 Å².